The lowest BCUT2D eigenvalue weighted by molar-refractivity contribution is -0.146. The molecule has 0 aliphatic carbocycles. The Bertz CT molecular complexity index is 881. The Labute approximate surface area is 140 Å². The van der Waals surface area contributed by atoms with E-state index >= 15 is 0 Å². The molecule has 1 atom stereocenters. The first-order chi connectivity index (χ1) is 12.0. The fourth-order valence-corrected chi connectivity index (χ4v) is 3.02. The van der Waals surface area contributed by atoms with Gasteiger partial charge >= 0.3 is 6.18 Å². The van der Waals surface area contributed by atoms with Gasteiger partial charge in [-0.05, 0) is 25.0 Å². The molecule has 4 rings (SSSR count). The van der Waals surface area contributed by atoms with Crippen LogP contribution in [0.3, 0.4) is 0 Å². The second-order valence-corrected chi connectivity index (χ2v) is 5.96. The lowest BCUT2D eigenvalue weighted by Crippen LogP contribution is -2.16. The third-order valence-electron chi connectivity index (χ3n) is 4.19. The van der Waals surface area contributed by atoms with Gasteiger partial charge in [0.05, 0.1) is 23.6 Å². The molecule has 0 saturated carbocycles. The zero-order chi connectivity index (χ0) is 17.4. The Morgan fingerprint density at radius 3 is 2.80 bits per heavy atom. The highest BCUT2D eigenvalue weighted by Crippen LogP contribution is 2.32. The van der Waals surface area contributed by atoms with Crippen LogP contribution in [-0.2, 0) is 17.5 Å². The lowest BCUT2D eigenvalue weighted by Gasteiger charge is -2.18. The van der Waals surface area contributed by atoms with Crippen LogP contribution < -0.4 is 0 Å². The van der Waals surface area contributed by atoms with E-state index in [0.29, 0.717) is 24.6 Å². The first kappa shape index (κ1) is 16.1. The summed E-state index contributed by atoms with van der Waals surface area (Å²) >= 11 is 0. The molecule has 1 aromatic carbocycles. The molecule has 3 heterocycles. The van der Waals surface area contributed by atoms with E-state index < -0.39 is 12.0 Å². The van der Waals surface area contributed by atoms with Crippen molar-refractivity contribution >= 4 is 11.0 Å². The molecule has 0 amide bonds. The maximum Gasteiger partial charge on any atom is 0.449 e. The van der Waals surface area contributed by atoms with Gasteiger partial charge in [-0.3, -0.25) is 0 Å². The van der Waals surface area contributed by atoms with Crippen LogP contribution in [0.1, 0.15) is 36.4 Å². The summed E-state index contributed by atoms with van der Waals surface area (Å²) < 4.78 is 52.0. The van der Waals surface area contributed by atoms with E-state index in [9.17, 15) is 13.2 Å². The van der Waals surface area contributed by atoms with Crippen molar-refractivity contribution < 1.29 is 22.3 Å². The minimum atomic E-state index is -4.57. The van der Waals surface area contributed by atoms with Crippen LogP contribution in [0.4, 0.5) is 13.2 Å². The molecule has 3 aromatic rings. The molecule has 1 saturated heterocycles. The smallest absolute Gasteiger partial charge is 0.423 e. The molecule has 1 aliphatic heterocycles. The average Bonchev–Trinajstić information content (AvgIpc) is 3.21. The van der Waals surface area contributed by atoms with Crippen molar-refractivity contribution in [3.05, 3.63) is 41.9 Å². The zero-order valence-electron chi connectivity index (χ0n) is 13.2. The van der Waals surface area contributed by atoms with E-state index in [1.807, 2.05) is 0 Å². The van der Waals surface area contributed by atoms with E-state index in [1.165, 1.54) is 0 Å². The predicted octanol–water partition coefficient (Wildman–Crippen LogP) is 3.38. The number of nitrogens with zero attached hydrogens (tertiary/aromatic N) is 4. The highest BCUT2D eigenvalue weighted by molar-refractivity contribution is 5.76. The van der Waals surface area contributed by atoms with Gasteiger partial charge in [0.25, 0.3) is 0 Å². The number of imidazole rings is 1. The van der Waals surface area contributed by atoms with Gasteiger partial charge in [-0.1, -0.05) is 12.1 Å². The van der Waals surface area contributed by atoms with Crippen LogP contribution in [0.5, 0.6) is 0 Å². The van der Waals surface area contributed by atoms with Crippen LogP contribution in [0, 0.1) is 0 Å². The SMILES string of the molecule is FC(F)(F)c1nc2ccccc2n1Cc1nnc(C2CCCOC2)o1. The van der Waals surface area contributed by atoms with Crippen molar-refractivity contribution in [1.82, 2.24) is 19.7 Å². The summed E-state index contributed by atoms with van der Waals surface area (Å²) in [6.45, 7) is 1.01. The zero-order valence-corrected chi connectivity index (χ0v) is 13.2. The van der Waals surface area contributed by atoms with Crippen molar-refractivity contribution in [1.29, 1.82) is 0 Å². The third kappa shape index (κ3) is 3.11. The van der Waals surface area contributed by atoms with Gasteiger partial charge in [0.2, 0.25) is 17.6 Å². The molecule has 0 spiro atoms. The number of hydrogen-bond donors (Lipinski definition) is 0. The predicted molar refractivity (Wildman–Crippen MR) is 80.9 cm³/mol. The van der Waals surface area contributed by atoms with E-state index in [0.717, 1.165) is 17.4 Å². The fraction of sp³-hybridized carbons (Fsp3) is 0.438. The summed E-state index contributed by atoms with van der Waals surface area (Å²) in [6, 6.07) is 6.44. The molecule has 2 aromatic heterocycles. The first-order valence-corrected chi connectivity index (χ1v) is 7.95. The summed E-state index contributed by atoms with van der Waals surface area (Å²) in [7, 11) is 0. The number of halogens is 3. The largest absolute Gasteiger partial charge is 0.449 e. The monoisotopic (exact) mass is 352 g/mol. The van der Waals surface area contributed by atoms with Crippen LogP contribution in [0.25, 0.3) is 11.0 Å². The number of ether oxygens (including phenoxy) is 1. The second-order valence-electron chi connectivity index (χ2n) is 5.96. The Morgan fingerprint density at radius 1 is 1.20 bits per heavy atom. The summed E-state index contributed by atoms with van der Waals surface area (Å²) in [4.78, 5) is 3.70. The number of aromatic nitrogens is 4. The van der Waals surface area contributed by atoms with Crippen LogP contribution in [0.15, 0.2) is 28.7 Å². The van der Waals surface area contributed by atoms with E-state index in [2.05, 4.69) is 15.2 Å². The molecule has 0 N–H and O–H groups in total. The Morgan fingerprint density at radius 2 is 2.04 bits per heavy atom. The molecule has 6 nitrogen and oxygen atoms in total. The maximum atomic E-state index is 13.3. The molecule has 0 bridgehead atoms. The van der Waals surface area contributed by atoms with Crippen molar-refractivity contribution in [2.45, 2.75) is 31.5 Å². The fourth-order valence-electron chi connectivity index (χ4n) is 3.02. The molecule has 9 heteroatoms. The molecule has 25 heavy (non-hydrogen) atoms. The van der Waals surface area contributed by atoms with Crippen molar-refractivity contribution in [2.75, 3.05) is 13.2 Å². The third-order valence-corrected chi connectivity index (χ3v) is 4.19. The Balaban J connectivity index is 1.67. The van der Waals surface area contributed by atoms with Crippen LogP contribution >= 0.6 is 0 Å². The summed E-state index contributed by atoms with van der Waals surface area (Å²) in [5.74, 6) is -0.451. The molecule has 132 valence electrons. The van der Waals surface area contributed by atoms with Gasteiger partial charge in [0.15, 0.2) is 0 Å². The molecular formula is C16H15F3N4O2. The highest BCUT2D eigenvalue weighted by atomic mass is 19.4. The molecule has 1 fully saturated rings. The van der Waals surface area contributed by atoms with Gasteiger partial charge in [-0.15, -0.1) is 10.2 Å². The van der Waals surface area contributed by atoms with Gasteiger partial charge in [-0.2, -0.15) is 13.2 Å². The highest BCUT2D eigenvalue weighted by Gasteiger charge is 2.38. The van der Waals surface area contributed by atoms with Crippen molar-refractivity contribution in [3.63, 3.8) is 0 Å². The van der Waals surface area contributed by atoms with Crippen LogP contribution in [-0.4, -0.2) is 33.0 Å². The van der Waals surface area contributed by atoms with Gasteiger partial charge in [0.1, 0.15) is 6.54 Å². The standard InChI is InChI=1S/C16H15F3N4O2/c17-16(18,19)15-20-11-5-1-2-6-12(11)23(15)8-13-21-22-14(25-13)10-4-3-7-24-9-10/h1-2,5-6,10H,3-4,7-9H2. The number of rotatable bonds is 3. The normalized spacial score (nSPS) is 18.8. The minimum Gasteiger partial charge on any atom is -0.423 e. The number of hydrogen-bond acceptors (Lipinski definition) is 5. The van der Waals surface area contributed by atoms with Gasteiger partial charge in [-0.25, -0.2) is 4.98 Å². The first-order valence-electron chi connectivity index (χ1n) is 7.95. The molecular weight excluding hydrogens is 337 g/mol. The van der Waals surface area contributed by atoms with E-state index in [4.69, 9.17) is 9.15 Å². The quantitative estimate of drug-likeness (QED) is 0.723. The van der Waals surface area contributed by atoms with Crippen LogP contribution in [0.2, 0.25) is 0 Å². The second kappa shape index (κ2) is 6.14. The summed E-state index contributed by atoms with van der Waals surface area (Å²) in [5.41, 5.74) is 0.644. The topological polar surface area (TPSA) is 66.0 Å². The van der Waals surface area contributed by atoms with Crippen molar-refractivity contribution in [2.24, 2.45) is 0 Å². The minimum absolute atomic E-state index is 0.00313. The van der Waals surface area contributed by atoms with Gasteiger partial charge < -0.3 is 13.7 Å². The maximum absolute atomic E-state index is 13.3. The lowest BCUT2D eigenvalue weighted by atomic mass is 10.0. The van der Waals surface area contributed by atoms with Gasteiger partial charge in [0, 0.05) is 6.61 Å². The molecule has 1 unspecified atom stereocenters. The summed E-state index contributed by atoms with van der Waals surface area (Å²) in [6.07, 6.45) is -2.81. The number of para-hydroxylation sites is 2. The number of benzene rings is 1. The Hall–Kier alpha value is -2.42. The average molecular weight is 352 g/mol. The van der Waals surface area contributed by atoms with E-state index in [1.54, 1.807) is 24.3 Å². The molecule has 0 radical (unpaired) electrons. The van der Waals surface area contributed by atoms with E-state index in [-0.39, 0.29) is 23.9 Å². The number of alkyl halides is 3. The van der Waals surface area contributed by atoms with Crippen molar-refractivity contribution in [3.8, 4) is 0 Å². The number of fused-ring (bicyclic) bond motifs is 1. The molecule has 1 aliphatic rings. The summed E-state index contributed by atoms with van der Waals surface area (Å²) in [5, 5.41) is 7.89. The Kier molecular flexibility index (Phi) is 3.95.